The van der Waals surface area contributed by atoms with Gasteiger partial charge in [-0.15, -0.1) is 0 Å². The Labute approximate surface area is 192 Å². The summed E-state index contributed by atoms with van der Waals surface area (Å²) in [7, 11) is 0. The van der Waals surface area contributed by atoms with Crippen molar-refractivity contribution in [1.82, 2.24) is 25.2 Å². The van der Waals surface area contributed by atoms with E-state index in [1.165, 1.54) is 25.2 Å². The zero-order valence-electron chi connectivity index (χ0n) is 18.3. The zero-order chi connectivity index (χ0) is 23.0. The number of anilines is 2. The zero-order valence-corrected chi connectivity index (χ0v) is 18.3. The Kier molecular flexibility index (Phi) is 7.21. The van der Waals surface area contributed by atoms with Gasteiger partial charge >= 0.3 is 0 Å². The lowest BCUT2D eigenvalue weighted by molar-refractivity contribution is 0.0951. The number of hydrogen-bond donors (Lipinski definition) is 3. The maximum Gasteiger partial charge on any atom is 0.278 e. The third-order valence-corrected chi connectivity index (χ3v) is 5.51. The Bertz CT molecular complexity index is 1100. The van der Waals surface area contributed by atoms with Crippen LogP contribution in [-0.4, -0.2) is 57.8 Å². The van der Waals surface area contributed by atoms with E-state index in [2.05, 4.69) is 30.5 Å². The van der Waals surface area contributed by atoms with Gasteiger partial charge in [-0.2, -0.15) is 0 Å². The molecule has 1 aliphatic rings. The molecule has 33 heavy (non-hydrogen) atoms. The first kappa shape index (κ1) is 22.3. The number of nitrogen functional groups attached to an aromatic ring is 1. The number of carbonyl (C=O) groups excluding carboxylic acids is 2. The number of carbonyl (C=O) groups is 2. The summed E-state index contributed by atoms with van der Waals surface area (Å²) in [5.41, 5.74) is 8.21. The summed E-state index contributed by atoms with van der Waals surface area (Å²) in [6.45, 7) is 3.99. The largest absolute Gasteiger partial charge is 0.382 e. The van der Waals surface area contributed by atoms with Gasteiger partial charge < -0.3 is 21.3 Å². The predicted molar refractivity (Wildman–Crippen MR) is 127 cm³/mol. The van der Waals surface area contributed by atoms with E-state index in [1.54, 1.807) is 42.6 Å². The molecule has 3 aromatic rings. The van der Waals surface area contributed by atoms with Crippen LogP contribution >= 0.6 is 0 Å². The third kappa shape index (κ3) is 5.89. The fourth-order valence-electron chi connectivity index (χ4n) is 3.74. The van der Waals surface area contributed by atoms with E-state index in [9.17, 15) is 9.59 Å². The lowest BCUT2D eigenvalue weighted by atomic mass is 10.1. The number of benzene rings is 1. The molecule has 0 radical (unpaired) electrons. The molecular weight excluding hydrogens is 418 g/mol. The van der Waals surface area contributed by atoms with Gasteiger partial charge in [0.05, 0.1) is 23.8 Å². The summed E-state index contributed by atoms with van der Waals surface area (Å²) in [5, 5.41) is 5.67. The minimum atomic E-state index is -0.472. The van der Waals surface area contributed by atoms with Gasteiger partial charge in [0.2, 0.25) is 0 Å². The molecule has 0 aliphatic carbocycles. The lowest BCUT2D eigenvalue weighted by Gasteiger charge is -2.14. The van der Waals surface area contributed by atoms with E-state index in [1.807, 2.05) is 0 Å². The quantitative estimate of drug-likeness (QED) is 0.455. The van der Waals surface area contributed by atoms with Gasteiger partial charge in [0, 0.05) is 23.9 Å². The van der Waals surface area contributed by atoms with E-state index in [0.717, 1.165) is 31.6 Å². The molecule has 9 heteroatoms. The Hall–Kier alpha value is -3.85. The third-order valence-electron chi connectivity index (χ3n) is 5.51. The molecule has 4 N–H and O–H groups in total. The highest BCUT2D eigenvalue weighted by atomic mass is 16.2. The molecule has 1 saturated heterocycles. The Balaban J connectivity index is 1.37. The second-order valence-electron chi connectivity index (χ2n) is 7.92. The average Bonchev–Trinajstić information content (AvgIpc) is 3.36. The van der Waals surface area contributed by atoms with E-state index in [-0.39, 0.29) is 17.4 Å². The van der Waals surface area contributed by atoms with Crippen molar-refractivity contribution >= 4 is 23.3 Å². The van der Waals surface area contributed by atoms with Crippen LogP contribution in [0.15, 0.2) is 55.0 Å². The molecule has 0 bridgehead atoms. The first-order chi connectivity index (χ1) is 16.1. The minimum absolute atomic E-state index is 0.0242. The number of amides is 2. The first-order valence-electron chi connectivity index (χ1n) is 11.0. The van der Waals surface area contributed by atoms with Gasteiger partial charge in [-0.1, -0.05) is 12.1 Å². The minimum Gasteiger partial charge on any atom is -0.382 e. The van der Waals surface area contributed by atoms with Gasteiger partial charge in [0.15, 0.2) is 11.5 Å². The molecule has 4 rings (SSSR count). The number of aromatic nitrogens is 3. The molecule has 2 aromatic heterocycles. The monoisotopic (exact) mass is 445 g/mol. The normalized spacial score (nSPS) is 13.6. The molecule has 2 amide bonds. The van der Waals surface area contributed by atoms with Gasteiger partial charge in [0.25, 0.3) is 11.8 Å². The van der Waals surface area contributed by atoms with Crippen LogP contribution in [0.3, 0.4) is 0 Å². The van der Waals surface area contributed by atoms with E-state index >= 15 is 0 Å². The fourth-order valence-corrected chi connectivity index (χ4v) is 3.74. The van der Waals surface area contributed by atoms with Crippen molar-refractivity contribution in [3.63, 3.8) is 0 Å². The number of likely N-dealkylation sites (tertiary alicyclic amines) is 1. The molecule has 0 spiro atoms. The second-order valence-corrected chi connectivity index (χ2v) is 7.92. The van der Waals surface area contributed by atoms with Crippen LogP contribution in [0.4, 0.5) is 11.5 Å². The Morgan fingerprint density at radius 2 is 1.82 bits per heavy atom. The van der Waals surface area contributed by atoms with Crippen molar-refractivity contribution in [3.8, 4) is 11.3 Å². The summed E-state index contributed by atoms with van der Waals surface area (Å²) in [6.07, 6.45) is 8.13. The highest BCUT2D eigenvalue weighted by Crippen LogP contribution is 2.20. The van der Waals surface area contributed by atoms with Gasteiger partial charge in [-0.3, -0.25) is 14.6 Å². The van der Waals surface area contributed by atoms with E-state index < -0.39 is 5.91 Å². The van der Waals surface area contributed by atoms with Crippen LogP contribution in [0.1, 0.15) is 40.1 Å². The average molecular weight is 446 g/mol. The molecule has 1 fully saturated rings. The molecular formula is C24H27N7O2. The van der Waals surface area contributed by atoms with E-state index in [4.69, 9.17) is 5.73 Å². The Morgan fingerprint density at radius 3 is 2.55 bits per heavy atom. The second kappa shape index (κ2) is 10.6. The Morgan fingerprint density at radius 1 is 1.03 bits per heavy atom. The summed E-state index contributed by atoms with van der Waals surface area (Å²) in [4.78, 5) is 39.9. The van der Waals surface area contributed by atoms with Crippen LogP contribution < -0.4 is 16.4 Å². The molecule has 0 atom stereocenters. The van der Waals surface area contributed by atoms with E-state index in [0.29, 0.717) is 23.5 Å². The van der Waals surface area contributed by atoms with Gasteiger partial charge in [0.1, 0.15) is 0 Å². The predicted octanol–water partition coefficient (Wildman–Crippen LogP) is 2.59. The molecule has 1 aromatic carbocycles. The lowest BCUT2D eigenvalue weighted by Crippen LogP contribution is -2.28. The number of pyridine rings is 1. The van der Waals surface area contributed by atoms with Crippen LogP contribution in [0.2, 0.25) is 0 Å². The standard InChI is InChI=1S/C24H27N7O2/c25-22-21(24(33)29-19-5-3-10-26-15-19)30-20(16-28-22)17-6-8-18(9-7-17)23(32)27-11-4-14-31-12-1-2-13-31/h3,5-10,15-16H,1-2,4,11-14H2,(H2,25,28)(H,27,32)(H,29,33). The number of rotatable bonds is 8. The van der Waals surface area contributed by atoms with Crippen molar-refractivity contribution < 1.29 is 9.59 Å². The van der Waals surface area contributed by atoms with Crippen molar-refractivity contribution in [3.05, 3.63) is 66.2 Å². The van der Waals surface area contributed by atoms with Crippen LogP contribution in [0, 0.1) is 0 Å². The highest BCUT2D eigenvalue weighted by Gasteiger charge is 2.16. The van der Waals surface area contributed by atoms with Crippen LogP contribution in [0.25, 0.3) is 11.3 Å². The van der Waals surface area contributed by atoms with Crippen molar-refractivity contribution in [2.24, 2.45) is 0 Å². The summed E-state index contributed by atoms with van der Waals surface area (Å²) < 4.78 is 0. The summed E-state index contributed by atoms with van der Waals surface area (Å²) in [5.74, 6) is -0.548. The van der Waals surface area contributed by atoms with Crippen molar-refractivity contribution in [2.45, 2.75) is 19.3 Å². The SMILES string of the molecule is Nc1ncc(-c2ccc(C(=O)NCCCN3CCCC3)cc2)nc1C(=O)Nc1cccnc1. The highest BCUT2D eigenvalue weighted by molar-refractivity contribution is 6.05. The molecule has 0 unspecified atom stereocenters. The fraction of sp³-hybridized carbons (Fsp3) is 0.292. The van der Waals surface area contributed by atoms with Crippen molar-refractivity contribution in [1.29, 1.82) is 0 Å². The van der Waals surface area contributed by atoms with Gasteiger partial charge in [-0.05, 0) is 63.2 Å². The number of nitrogens with zero attached hydrogens (tertiary/aromatic N) is 4. The number of hydrogen-bond acceptors (Lipinski definition) is 7. The topological polar surface area (TPSA) is 126 Å². The van der Waals surface area contributed by atoms with Gasteiger partial charge in [-0.25, -0.2) is 9.97 Å². The maximum atomic E-state index is 12.6. The van der Waals surface area contributed by atoms with Crippen LogP contribution in [0.5, 0.6) is 0 Å². The molecule has 170 valence electrons. The number of nitrogens with one attached hydrogen (secondary N) is 2. The summed E-state index contributed by atoms with van der Waals surface area (Å²) >= 11 is 0. The smallest absolute Gasteiger partial charge is 0.278 e. The maximum absolute atomic E-state index is 12.6. The van der Waals surface area contributed by atoms with Crippen LogP contribution in [-0.2, 0) is 0 Å². The molecule has 3 heterocycles. The first-order valence-corrected chi connectivity index (χ1v) is 11.0. The summed E-state index contributed by atoms with van der Waals surface area (Å²) in [6, 6.07) is 10.5. The molecule has 1 aliphatic heterocycles. The molecule has 0 saturated carbocycles. The molecule has 9 nitrogen and oxygen atoms in total. The van der Waals surface area contributed by atoms with Crippen molar-refractivity contribution in [2.75, 3.05) is 37.2 Å². The number of nitrogens with two attached hydrogens (primary N) is 1.